The van der Waals surface area contributed by atoms with Gasteiger partial charge in [0.1, 0.15) is 0 Å². The Balaban J connectivity index is 3.87. The molecule has 2 unspecified atom stereocenters. The van der Waals surface area contributed by atoms with E-state index in [9.17, 15) is 9.90 Å². The van der Waals surface area contributed by atoms with E-state index in [2.05, 4.69) is 0 Å². The van der Waals surface area contributed by atoms with Gasteiger partial charge in [-0.1, -0.05) is 6.92 Å². The standard InChI is InChI=1S/C9H19NO3/c1-4-7(2)13-8(11)5-9(3,12)6-10/h7,12H,4-6,10H2,1-3H3. The van der Waals surface area contributed by atoms with Crippen molar-refractivity contribution >= 4 is 5.97 Å². The first kappa shape index (κ1) is 12.4. The number of carbonyl (C=O) groups excluding carboxylic acids is 1. The minimum Gasteiger partial charge on any atom is -0.463 e. The maximum atomic E-state index is 11.1. The van der Waals surface area contributed by atoms with Crippen LogP contribution in [-0.2, 0) is 9.53 Å². The van der Waals surface area contributed by atoms with Crippen LogP contribution >= 0.6 is 0 Å². The van der Waals surface area contributed by atoms with Crippen LogP contribution in [0.25, 0.3) is 0 Å². The average Bonchev–Trinajstić information content (AvgIpc) is 2.03. The van der Waals surface area contributed by atoms with Crippen molar-refractivity contribution in [1.29, 1.82) is 0 Å². The van der Waals surface area contributed by atoms with Crippen LogP contribution in [0.1, 0.15) is 33.6 Å². The molecule has 0 aliphatic rings. The molecule has 0 saturated carbocycles. The largest absolute Gasteiger partial charge is 0.463 e. The molecular formula is C9H19NO3. The van der Waals surface area contributed by atoms with Gasteiger partial charge in [-0.3, -0.25) is 4.79 Å². The Bertz CT molecular complexity index is 168. The summed E-state index contributed by atoms with van der Waals surface area (Å²) >= 11 is 0. The number of nitrogens with two attached hydrogens (primary N) is 1. The molecular weight excluding hydrogens is 170 g/mol. The normalized spacial score (nSPS) is 17.6. The Kier molecular flexibility index (Phi) is 4.95. The fourth-order valence-corrected chi connectivity index (χ4v) is 0.733. The predicted molar refractivity (Wildman–Crippen MR) is 50.1 cm³/mol. The third-order valence-corrected chi connectivity index (χ3v) is 1.87. The lowest BCUT2D eigenvalue weighted by Crippen LogP contribution is -2.37. The van der Waals surface area contributed by atoms with E-state index in [0.29, 0.717) is 0 Å². The molecule has 0 aromatic carbocycles. The Morgan fingerprint density at radius 3 is 2.62 bits per heavy atom. The average molecular weight is 189 g/mol. The highest BCUT2D eigenvalue weighted by Crippen LogP contribution is 2.09. The zero-order valence-corrected chi connectivity index (χ0v) is 8.54. The lowest BCUT2D eigenvalue weighted by atomic mass is 10.0. The minimum absolute atomic E-state index is 0.0478. The SMILES string of the molecule is CCC(C)OC(=O)CC(C)(O)CN. The highest BCUT2D eigenvalue weighted by Gasteiger charge is 2.24. The van der Waals surface area contributed by atoms with Crippen molar-refractivity contribution in [3.05, 3.63) is 0 Å². The van der Waals surface area contributed by atoms with Crippen LogP contribution < -0.4 is 5.73 Å². The third-order valence-electron chi connectivity index (χ3n) is 1.87. The summed E-state index contributed by atoms with van der Waals surface area (Å²) in [6, 6.07) is 0. The van der Waals surface area contributed by atoms with Crippen molar-refractivity contribution in [2.24, 2.45) is 5.73 Å². The number of ether oxygens (including phenoxy) is 1. The van der Waals surface area contributed by atoms with E-state index in [-0.39, 0.29) is 19.1 Å². The summed E-state index contributed by atoms with van der Waals surface area (Å²) in [6.45, 7) is 5.32. The van der Waals surface area contributed by atoms with E-state index in [1.165, 1.54) is 6.92 Å². The predicted octanol–water partition coefficient (Wildman–Crippen LogP) is 0.428. The van der Waals surface area contributed by atoms with E-state index in [0.717, 1.165) is 6.42 Å². The maximum absolute atomic E-state index is 11.1. The summed E-state index contributed by atoms with van der Waals surface area (Å²) in [5.41, 5.74) is 4.11. The summed E-state index contributed by atoms with van der Waals surface area (Å²) in [5.74, 6) is -0.398. The van der Waals surface area contributed by atoms with Gasteiger partial charge in [-0.2, -0.15) is 0 Å². The molecule has 0 fully saturated rings. The van der Waals surface area contributed by atoms with Gasteiger partial charge in [0.15, 0.2) is 0 Å². The summed E-state index contributed by atoms with van der Waals surface area (Å²) in [5, 5.41) is 9.45. The molecule has 0 saturated heterocycles. The van der Waals surface area contributed by atoms with Crippen LogP contribution in [0.15, 0.2) is 0 Å². The van der Waals surface area contributed by atoms with Gasteiger partial charge in [0, 0.05) is 6.54 Å². The van der Waals surface area contributed by atoms with Gasteiger partial charge in [-0.15, -0.1) is 0 Å². The number of hydrogen-bond donors (Lipinski definition) is 2. The molecule has 4 nitrogen and oxygen atoms in total. The first-order chi connectivity index (χ1) is 5.91. The van der Waals surface area contributed by atoms with Gasteiger partial charge in [0.25, 0.3) is 0 Å². The molecule has 0 aliphatic carbocycles. The molecule has 0 spiro atoms. The summed E-state index contributed by atoms with van der Waals surface area (Å²) in [7, 11) is 0. The number of rotatable bonds is 5. The van der Waals surface area contributed by atoms with Crippen molar-refractivity contribution in [2.45, 2.75) is 45.3 Å². The van der Waals surface area contributed by atoms with Crippen LogP contribution in [0.3, 0.4) is 0 Å². The Hall–Kier alpha value is -0.610. The molecule has 0 aromatic heterocycles. The van der Waals surface area contributed by atoms with Crippen molar-refractivity contribution < 1.29 is 14.6 Å². The van der Waals surface area contributed by atoms with Crippen LogP contribution in [0.4, 0.5) is 0 Å². The van der Waals surface area contributed by atoms with Crippen molar-refractivity contribution in [2.75, 3.05) is 6.54 Å². The van der Waals surface area contributed by atoms with Gasteiger partial charge in [-0.05, 0) is 20.3 Å². The lowest BCUT2D eigenvalue weighted by molar-refractivity contribution is -0.153. The fraction of sp³-hybridized carbons (Fsp3) is 0.889. The maximum Gasteiger partial charge on any atom is 0.309 e. The van der Waals surface area contributed by atoms with Gasteiger partial charge >= 0.3 is 5.97 Å². The Labute approximate surface area is 79.1 Å². The molecule has 0 amide bonds. The van der Waals surface area contributed by atoms with Crippen LogP contribution in [0.5, 0.6) is 0 Å². The number of aliphatic hydroxyl groups is 1. The summed E-state index contributed by atoms with van der Waals surface area (Å²) in [6.07, 6.45) is 0.630. The number of carbonyl (C=O) groups is 1. The second-order valence-corrected chi connectivity index (χ2v) is 3.59. The lowest BCUT2D eigenvalue weighted by Gasteiger charge is -2.20. The van der Waals surface area contributed by atoms with Crippen molar-refractivity contribution in [1.82, 2.24) is 0 Å². The second kappa shape index (κ2) is 5.19. The number of hydrogen-bond acceptors (Lipinski definition) is 4. The molecule has 78 valence electrons. The van der Waals surface area contributed by atoms with Gasteiger partial charge in [0.05, 0.1) is 18.1 Å². The first-order valence-corrected chi connectivity index (χ1v) is 4.53. The molecule has 3 N–H and O–H groups in total. The van der Waals surface area contributed by atoms with E-state index in [1.54, 1.807) is 0 Å². The highest BCUT2D eigenvalue weighted by atomic mass is 16.5. The number of esters is 1. The fourth-order valence-electron chi connectivity index (χ4n) is 0.733. The molecule has 0 heterocycles. The van der Waals surface area contributed by atoms with E-state index in [4.69, 9.17) is 10.5 Å². The monoisotopic (exact) mass is 189 g/mol. The molecule has 4 heteroatoms. The second-order valence-electron chi connectivity index (χ2n) is 3.59. The Morgan fingerprint density at radius 2 is 2.23 bits per heavy atom. The van der Waals surface area contributed by atoms with E-state index >= 15 is 0 Å². The van der Waals surface area contributed by atoms with E-state index < -0.39 is 11.6 Å². The highest BCUT2D eigenvalue weighted by molar-refractivity contribution is 5.70. The smallest absolute Gasteiger partial charge is 0.309 e. The minimum atomic E-state index is -1.15. The quantitative estimate of drug-likeness (QED) is 0.615. The van der Waals surface area contributed by atoms with Crippen LogP contribution in [0, 0.1) is 0 Å². The topological polar surface area (TPSA) is 72.5 Å². The summed E-state index contributed by atoms with van der Waals surface area (Å²) < 4.78 is 4.98. The van der Waals surface area contributed by atoms with Crippen LogP contribution in [0.2, 0.25) is 0 Å². The zero-order valence-electron chi connectivity index (χ0n) is 8.54. The van der Waals surface area contributed by atoms with Crippen molar-refractivity contribution in [3.8, 4) is 0 Å². The zero-order chi connectivity index (χ0) is 10.5. The molecule has 0 aromatic rings. The molecule has 0 bridgehead atoms. The molecule has 0 rings (SSSR count). The Morgan fingerprint density at radius 1 is 1.69 bits per heavy atom. The molecule has 13 heavy (non-hydrogen) atoms. The van der Waals surface area contributed by atoms with Crippen LogP contribution in [-0.4, -0.2) is 29.3 Å². The van der Waals surface area contributed by atoms with Crippen molar-refractivity contribution in [3.63, 3.8) is 0 Å². The van der Waals surface area contributed by atoms with Gasteiger partial charge in [-0.25, -0.2) is 0 Å². The summed E-state index contributed by atoms with van der Waals surface area (Å²) in [4.78, 5) is 11.1. The van der Waals surface area contributed by atoms with Gasteiger partial charge in [0.2, 0.25) is 0 Å². The molecule has 0 aliphatic heterocycles. The van der Waals surface area contributed by atoms with E-state index in [1.807, 2.05) is 13.8 Å². The molecule has 2 atom stereocenters. The molecule has 0 radical (unpaired) electrons. The van der Waals surface area contributed by atoms with Gasteiger partial charge < -0.3 is 15.6 Å². The third kappa shape index (κ3) is 5.60. The first-order valence-electron chi connectivity index (χ1n) is 4.53.